The molecule has 0 fully saturated rings. The van der Waals surface area contributed by atoms with E-state index in [1.165, 1.54) is 11.1 Å². The Bertz CT molecular complexity index is 1190. The largest absolute Gasteiger partial charge is 0.440 e. The van der Waals surface area contributed by atoms with Gasteiger partial charge in [0.25, 0.3) is 0 Å². The second kappa shape index (κ2) is 9.70. The van der Waals surface area contributed by atoms with Crippen LogP contribution in [0, 0.1) is 0 Å². The van der Waals surface area contributed by atoms with Crippen molar-refractivity contribution in [2.45, 2.75) is 19.3 Å². The minimum absolute atomic E-state index is 0.138. The number of nitrogens with zero attached hydrogens (tertiary/aromatic N) is 2. The van der Waals surface area contributed by atoms with E-state index in [4.69, 9.17) is 9.40 Å². The van der Waals surface area contributed by atoms with Gasteiger partial charge < -0.3 is 9.32 Å². The van der Waals surface area contributed by atoms with Gasteiger partial charge in [-0.2, -0.15) is 0 Å². The van der Waals surface area contributed by atoms with E-state index in [-0.39, 0.29) is 5.91 Å². The Labute approximate surface area is 194 Å². The molecular weight excluding hydrogens is 408 g/mol. The molecule has 1 aliphatic rings. The van der Waals surface area contributed by atoms with Crippen molar-refractivity contribution in [3.8, 4) is 22.6 Å². The molecule has 0 radical (unpaired) electrons. The number of aromatic nitrogens is 1. The van der Waals surface area contributed by atoms with Crippen LogP contribution in [-0.2, 0) is 11.2 Å². The molecule has 0 unspecified atom stereocenters. The molecule has 3 aromatic carbocycles. The fourth-order valence-corrected chi connectivity index (χ4v) is 4.23. The topological polar surface area (TPSA) is 46.3 Å². The molecule has 33 heavy (non-hydrogen) atoms. The Kier molecular flexibility index (Phi) is 6.16. The summed E-state index contributed by atoms with van der Waals surface area (Å²) in [5.41, 5.74) is 5.36. The third-order valence-corrected chi connectivity index (χ3v) is 6.01. The molecule has 0 bridgehead atoms. The number of carbonyl (C=O) groups excluding carboxylic acids is 1. The van der Waals surface area contributed by atoms with Crippen LogP contribution in [0.1, 0.15) is 24.3 Å². The number of amides is 1. The predicted octanol–water partition coefficient (Wildman–Crippen LogP) is 6.26. The predicted molar refractivity (Wildman–Crippen MR) is 131 cm³/mol. The van der Waals surface area contributed by atoms with Crippen LogP contribution in [0.15, 0.2) is 101 Å². The van der Waals surface area contributed by atoms with Gasteiger partial charge in [0.15, 0.2) is 11.7 Å². The maximum atomic E-state index is 12.9. The average Bonchev–Trinajstić information content (AvgIpc) is 3.33. The third-order valence-electron chi connectivity index (χ3n) is 6.01. The van der Waals surface area contributed by atoms with E-state index in [0.29, 0.717) is 25.3 Å². The van der Waals surface area contributed by atoms with Crippen LogP contribution in [0.4, 0.5) is 0 Å². The van der Waals surface area contributed by atoms with Crippen LogP contribution in [0.2, 0.25) is 0 Å². The highest BCUT2D eigenvalue weighted by atomic mass is 16.4. The van der Waals surface area contributed by atoms with Gasteiger partial charge in [0.1, 0.15) is 5.69 Å². The van der Waals surface area contributed by atoms with Gasteiger partial charge in [-0.05, 0) is 17.6 Å². The lowest BCUT2D eigenvalue weighted by atomic mass is 9.99. The summed E-state index contributed by atoms with van der Waals surface area (Å²) in [5.74, 6) is 1.48. The Morgan fingerprint density at radius 1 is 0.818 bits per heavy atom. The van der Waals surface area contributed by atoms with Gasteiger partial charge in [-0.1, -0.05) is 97.1 Å². The third kappa shape index (κ3) is 4.80. The number of aryl methyl sites for hydroxylation is 1. The Morgan fingerprint density at radius 3 is 2.03 bits per heavy atom. The lowest BCUT2D eigenvalue weighted by Crippen LogP contribution is -2.34. The summed E-state index contributed by atoms with van der Waals surface area (Å²) < 4.78 is 6.17. The zero-order valence-corrected chi connectivity index (χ0v) is 18.5. The highest BCUT2D eigenvalue weighted by Crippen LogP contribution is 2.33. The lowest BCUT2D eigenvalue weighted by molar-refractivity contribution is -0.130. The van der Waals surface area contributed by atoms with Crippen molar-refractivity contribution < 1.29 is 9.21 Å². The number of benzene rings is 3. The molecule has 0 N–H and O–H groups in total. The Balaban J connectivity index is 1.29. The number of oxazole rings is 1. The van der Waals surface area contributed by atoms with Crippen molar-refractivity contribution in [2.75, 3.05) is 13.1 Å². The minimum atomic E-state index is 0.138. The highest BCUT2D eigenvalue weighted by molar-refractivity contribution is 5.79. The molecular formula is C29H26N2O2. The van der Waals surface area contributed by atoms with Gasteiger partial charge in [-0.15, -0.1) is 0 Å². The number of hydrogen-bond acceptors (Lipinski definition) is 3. The van der Waals surface area contributed by atoms with E-state index in [0.717, 1.165) is 35.5 Å². The van der Waals surface area contributed by atoms with Crippen LogP contribution in [0.25, 0.3) is 28.2 Å². The van der Waals surface area contributed by atoms with Crippen molar-refractivity contribution in [3.05, 3.63) is 109 Å². The highest BCUT2D eigenvalue weighted by Gasteiger charge is 2.21. The molecule has 2 heterocycles. The molecule has 164 valence electrons. The molecule has 1 amide bonds. The van der Waals surface area contributed by atoms with Gasteiger partial charge in [0, 0.05) is 37.1 Å². The minimum Gasteiger partial charge on any atom is -0.440 e. The van der Waals surface area contributed by atoms with Crippen LogP contribution in [0.3, 0.4) is 0 Å². The molecule has 0 spiro atoms. The van der Waals surface area contributed by atoms with E-state index in [9.17, 15) is 4.79 Å². The van der Waals surface area contributed by atoms with Crippen LogP contribution in [-0.4, -0.2) is 28.9 Å². The zero-order chi connectivity index (χ0) is 22.5. The molecule has 5 rings (SSSR count). The van der Waals surface area contributed by atoms with E-state index >= 15 is 0 Å². The second-order valence-electron chi connectivity index (χ2n) is 8.20. The molecule has 1 aliphatic heterocycles. The van der Waals surface area contributed by atoms with Crippen molar-refractivity contribution in [1.82, 2.24) is 9.88 Å². The first-order valence-electron chi connectivity index (χ1n) is 11.4. The Hall–Kier alpha value is -3.92. The first kappa shape index (κ1) is 21.0. The number of hydrogen-bond donors (Lipinski definition) is 0. The maximum Gasteiger partial charge on any atom is 0.223 e. The van der Waals surface area contributed by atoms with Gasteiger partial charge in [-0.3, -0.25) is 4.79 Å². The van der Waals surface area contributed by atoms with Crippen LogP contribution < -0.4 is 0 Å². The van der Waals surface area contributed by atoms with Gasteiger partial charge in [-0.25, -0.2) is 4.98 Å². The molecule has 1 aromatic heterocycles. The zero-order valence-electron chi connectivity index (χ0n) is 18.5. The molecule has 0 saturated heterocycles. The average molecular weight is 435 g/mol. The summed E-state index contributed by atoms with van der Waals surface area (Å²) in [4.78, 5) is 19.6. The van der Waals surface area contributed by atoms with Gasteiger partial charge in [0.05, 0.1) is 0 Å². The number of carbonyl (C=O) groups is 1. The summed E-state index contributed by atoms with van der Waals surface area (Å²) >= 11 is 0. The van der Waals surface area contributed by atoms with Crippen molar-refractivity contribution in [1.29, 1.82) is 0 Å². The Morgan fingerprint density at radius 2 is 1.42 bits per heavy atom. The second-order valence-corrected chi connectivity index (χ2v) is 8.20. The van der Waals surface area contributed by atoms with E-state index < -0.39 is 0 Å². The van der Waals surface area contributed by atoms with Crippen molar-refractivity contribution >= 4 is 11.5 Å². The SMILES string of the molecule is O=C(CCc1nc(-c2ccccc2)c(-c2ccccc2)o1)N1CC=C(c2ccccc2)CC1. The summed E-state index contributed by atoms with van der Waals surface area (Å²) in [6.07, 6.45) is 3.92. The molecule has 0 atom stereocenters. The van der Waals surface area contributed by atoms with E-state index in [1.807, 2.05) is 71.6 Å². The molecule has 4 aromatic rings. The van der Waals surface area contributed by atoms with Crippen molar-refractivity contribution in [2.24, 2.45) is 0 Å². The monoisotopic (exact) mass is 434 g/mol. The number of rotatable bonds is 6. The quantitative estimate of drug-likeness (QED) is 0.360. The smallest absolute Gasteiger partial charge is 0.223 e. The summed E-state index contributed by atoms with van der Waals surface area (Å²) in [7, 11) is 0. The maximum absolute atomic E-state index is 12.9. The fourth-order valence-electron chi connectivity index (χ4n) is 4.23. The van der Waals surface area contributed by atoms with Crippen LogP contribution in [0.5, 0.6) is 0 Å². The van der Waals surface area contributed by atoms with Crippen molar-refractivity contribution in [3.63, 3.8) is 0 Å². The fraction of sp³-hybridized carbons (Fsp3) is 0.172. The normalized spacial score (nSPS) is 13.6. The summed E-state index contributed by atoms with van der Waals surface area (Å²) in [6.45, 7) is 1.40. The van der Waals surface area contributed by atoms with E-state index in [1.54, 1.807) is 0 Å². The van der Waals surface area contributed by atoms with Gasteiger partial charge >= 0.3 is 0 Å². The molecule has 4 nitrogen and oxygen atoms in total. The standard InChI is InChI=1S/C29H26N2O2/c32-27(31-20-18-23(19-21-31)22-10-4-1-5-11-22)17-16-26-30-28(24-12-6-2-7-13-24)29(33-26)25-14-8-3-9-15-25/h1-15,18H,16-17,19-21H2. The summed E-state index contributed by atoms with van der Waals surface area (Å²) in [6, 6.07) is 30.4. The summed E-state index contributed by atoms with van der Waals surface area (Å²) in [5, 5.41) is 0. The van der Waals surface area contributed by atoms with Crippen LogP contribution >= 0.6 is 0 Å². The molecule has 4 heteroatoms. The van der Waals surface area contributed by atoms with Gasteiger partial charge in [0.2, 0.25) is 5.91 Å². The first-order chi connectivity index (χ1) is 16.3. The molecule has 0 saturated carbocycles. The first-order valence-corrected chi connectivity index (χ1v) is 11.4. The van der Waals surface area contributed by atoms with E-state index in [2.05, 4.69) is 30.3 Å². The lowest BCUT2D eigenvalue weighted by Gasteiger charge is -2.26. The molecule has 0 aliphatic carbocycles.